The number of cyclic esters (lactones) is 3. The van der Waals surface area contributed by atoms with E-state index in [1.54, 1.807) is 26.2 Å². The van der Waals surface area contributed by atoms with E-state index in [1.165, 1.54) is 7.11 Å². The standard InChI is InChI=1S/C22H34O8/c1-15-8-6-10-20(23)28-12-17(3)22(25)30-14-19(27-5)16(2)9-7-11-21(24)29-13-18(15)26-4/h6-9,15-19H,10-14H2,1-5H3/b8-6-,9-7-/t15-,16-,17+,18-,19-/m1/s1. The van der Waals surface area contributed by atoms with Crippen molar-refractivity contribution in [1.82, 2.24) is 0 Å². The smallest absolute Gasteiger partial charge is 0.312 e. The zero-order chi connectivity index (χ0) is 22.5. The molecule has 0 N–H and O–H groups in total. The molecule has 1 rings (SSSR count). The number of hydrogen-bond donors (Lipinski definition) is 0. The summed E-state index contributed by atoms with van der Waals surface area (Å²) in [5, 5.41) is 0. The van der Waals surface area contributed by atoms with E-state index in [0.717, 1.165) is 0 Å². The summed E-state index contributed by atoms with van der Waals surface area (Å²) in [5.41, 5.74) is 0. The van der Waals surface area contributed by atoms with E-state index in [2.05, 4.69) is 0 Å². The number of ether oxygens (including phenoxy) is 5. The minimum absolute atomic E-state index is 0.0508. The van der Waals surface area contributed by atoms with Crippen molar-refractivity contribution in [3.05, 3.63) is 24.3 Å². The predicted molar refractivity (Wildman–Crippen MR) is 109 cm³/mol. The van der Waals surface area contributed by atoms with Gasteiger partial charge in [-0.3, -0.25) is 14.4 Å². The van der Waals surface area contributed by atoms with Crippen molar-refractivity contribution in [1.29, 1.82) is 0 Å². The Hall–Kier alpha value is -2.19. The monoisotopic (exact) mass is 426 g/mol. The third kappa shape index (κ3) is 9.54. The molecule has 8 heteroatoms. The summed E-state index contributed by atoms with van der Waals surface area (Å²) in [6, 6.07) is 0. The summed E-state index contributed by atoms with van der Waals surface area (Å²) in [4.78, 5) is 36.0. The Labute approximate surface area is 178 Å². The SMILES string of the molecule is CO[C@@H]1COC(=O)C/C=C\[C@@H](C)[C@H](OC)COC(=O)[C@@H](C)COC(=O)C/C=C\[C@H]1C. The maximum Gasteiger partial charge on any atom is 0.312 e. The summed E-state index contributed by atoms with van der Waals surface area (Å²) in [6.07, 6.45) is 6.51. The largest absolute Gasteiger partial charge is 0.465 e. The summed E-state index contributed by atoms with van der Waals surface area (Å²) < 4.78 is 26.5. The highest BCUT2D eigenvalue weighted by Gasteiger charge is 2.22. The quantitative estimate of drug-likeness (QED) is 0.377. The van der Waals surface area contributed by atoms with Crippen LogP contribution in [0.2, 0.25) is 0 Å². The van der Waals surface area contributed by atoms with Gasteiger partial charge in [-0.25, -0.2) is 0 Å². The second-order valence-electron chi connectivity index (χ2n) is 7.43. The van der Waals surface area contributed by atoms with Gasteiger partial charge in [-0.05, 0) is 6.92 Å². The maximum atomic E-state index is 12.1. The van der Waals surface area contributed by atoms with Crippen LogP contribution in [0.15, 0.2) is 24.3 Å². The highest BCUT2D eigenvalue weighted by atomic mass is 16.6. The Morgan fingerprint density at radius 2 is 1.17 bits per heavy atom. The number of carbonyl (C=O) groups excluding carboxylic acids is 3. The molecule has 0 saturated carbocycles. The van der Waals surface area contributed by atoms with E-state index in [0.29, 0.717) is 0 Å². The molecule has 1 aliphatic heterocycles. The molecule has 0 aromatic rings. The van der Waals surface area contributed by atoms with Crippen molar-refractivity contribution >= 4 is 17.9 Å². The highest BCUT2D eigenvalue weighted by Crippen LogP contribution is 2.13. The van der Waals surface area contributed by atoms with Crippen LogP contribution in [0.4, 0.5) is 0 Å². The van der Waals surface area contributed by atoms with Gasteiger partial charge in [0.2, 0.25) is 0 Å². The summed E-state index contributed by atoms with van der Waals surface area (Å²) in [6.45, 7) is 5.56. The number of esters is 3. The lowest BCUT2D eigenvalue weighted by Crippen LogP contribution is -2.30. The van der Waals surface area contributed by atoms with Crippen LogP contribution in [-0.4, -0.2) is 64.2 Å². The molecule has 0 amide bonds. The molecular formula is C22H34O8. The zero-order valence-electron chi connectivity index (χ0n) is 18.5. The molecule has 0 fully saturated rings. The van der Waals surface area contributed by atoms with Crippen molar-refractivity contribution < 1.29 is 38.1 Å². The third-order valence-electron chi connectivity index (χ3n) is 4.92. The minimum atomic E-state index is -0.585. The van der Waals surface area contributed by atoms with E-state index in [4.69, 9.17) is 23.7 Å². The first-order chi connectivity index (χ1) is 14.3. The highest BCUT2D eigenvalue weighted by molar-refractivity contribution is 5.74. The lowest BCUT2D eigenvalue weighted by Gasteiger charge is -2.21. The Kier molecular flexibility index (Phi) is 12.0. The molecule has 5 atom stereocenters. The first-order valence-corrected chi connectivity index (χ1v) is 10.1. The zero-order valence-corrected chi connectivity index (χ0v) is 18.5. The molecule has 1 heterocycles. The van der Waals surface area contributed by atoms with Gasteiger partial charge in [-0.1, -0.05) is 38.2 Å². The van der Waals surface area contributed by atoms with Crippen LogP contribution < -0.4 is 0 Å². The van der Waals surface area contributed by atoms with Gasteiger partial charge in [0.15, 0.2) is 0 Å². The van der Waals surface area contributed by atoms with Gasteiger partial charge in [-0.2, -0.15) is 0 Å². The molecule has 8 nitrogen and oxygen atoms in total. The first kappa shape index (κ1) is 25.8. The topological polar surface area (TPSA) is 97.4 Å². The van der Waals surface area contributed by atoms with Crippen LogP contribution in [0.1, 0.15) is 33.6 Å². The molecule has 0 spiro atoms. The van der Waals surface area contributed by atoms with Crippen LogP contribution in [0.25, 0.3) is 0 Å². The molecule has 0 aromatic carbocycles. The molecule has 170 valence electrons. The normalized spacial score (nSPS) is 33.0. The van der Waals surface area contributed by atoms with Gasteiger partial charge in [0.1, 0.15) is 19.8 Å². The molecule has 0 aliphatic carbocycles. The van der Waals surface area contributed by atoms with Crippen LogP contribution in [-0.2, 0) is 38.1 Å². The van der Waals surface area contributed by atoms with E-state index >= 15 is 0 Å². The number of methoxy groups -OCH3 is 2. The van der Waals surface area contributed by atoms with Crippen molar-refractivity contribution in [2.24, 2.45) is 17.8 Å². The van der Waals surface area contributed by atoms with Crippen LogP contribution in [0.3, 0.4) is 0 Å². The van der Waals surface area contributed by atoms with Gasteiger partial charge in [0.25, 0.3) is 0 Å². The summed E-state index contributed by atoms with van der Waals surface area (Å²) >= 11 is 0. The molecule has 0 radical (unpaired) electrons. The fraction of sp³-hybridized carbons (Fsp3) is 0.682. The number of rotatable bonds is 2. The van der Waals surface area contributed by atoms with Crippen LogP contribution in [0.5, 0.6) is 0 Å². The van der Waals surface area contributed by atoms with Crippen molar-refractivity contribution in [2.45, 2.75) is 45.8 Å². The second-order valence-corrected chi connectivity index (χ2v) is 7.43. The van der Waals surface area contributed by atoms with E-state index in [1.807, 2.05) is 26.0 Å². The van der Waals surface area contributed by atoms with Gasteiger partial charge in [0.05, 0.1) is 31.0 Å². The molecular weight excluding hydrogens is 392 g/mol. The van der Waals surface area contributed by atoms with Gasteiger partial charge in [0, 0.05) is 26.1 Å². The average Bonchev–Trinajstić information content (AvgIpc) is 2.72. The predicted octanol–water partition coefficient (Wildman–Crippen LogP) is 2.46. The Morgan fingerprint density at radius 3 is 1.63 bits per heavy atom. The minimum Gasteiger partial charge on any atom is -0.465 e. The van der Waals surface area contributed by atoms with E-state index in [-0.39, 0.29) is 62.7 Å². The average molecular weight is 427 g/mol. The van der Waals surface area contributed by atoms with E-state index < -0.39 is 17.9 Å². The maximum absolute atomic E-state index is 12.1. The van der Waals surface area contributed by atoms with Gasteiger partial charge < -0.3 is 23.7 Å². The van der Waals surface area contributed by atoms with Crippen LogP contribution in [0, 0.1) is 17.8 Å². The molecule has 0 saturated heterocycles. The lowest BCUT2D eigenvalue weighted by molar-refractivity contribution is -0.157. The third-order valence-corrected chi connectivity index (χ3v) is 4.92. The van der Waals surface area contributed by atoms with Gasteiger partial charge in [-0.15, -0.1) is 0 Å². The Morgan fingerprint density at radius 1 is 0.733 bits per heavy atom. The molecule has 0 unspecified atom stereocenters. The fourth-order valence-corrected chi connectivity index (χ4v) is 2.76. The summed E-state index contributed by atoms with van der Waals surface area (Å²) in [5.74, 6) is -2.03. The van der Waals surface area contributed by atoms with Crippen molar-refractivity contribution in [2.75, 3.05) is 34.0 Å². The summed E-state index contributed by atoms with van der Waals surface area (Å²) in [7, 11) is 3.07. The Balaban J connectivity index is 2.86. The van der Waals surface area contributed by atoms with Crippen molar-refractivity contribution in [3.8, 4) is 0 Å². The number of carbonyl (C=O) groups is 3. The van der Waals surface area contributed by atoms with E-state index in [9.17, 15) is 14.4 Å². The first-order valence-electron chi connectivity index (χ1n) is 10.1. The van der Waals surface area contributed by atoms with Crippen molar-refractivity contribution in [3.63, 3.8) is 0 Å². The molecule has 1 aliphatic rings. The van der Waals surface area contributed by atoms with Crippen LogP contribution >= 0.6 is 0 Å². The Bertz CT molecular complexity index is 612. The molecule has 0 aromatic heterocycles. The number of hydrogen-bond acceptors (Lipinski definition) is 8. The van der Waals surface area contributed by atoms with Gasteiger partial charge >= 0.3 is 17.9 Å². The molecule has 0 bridgehead atoms. The fourth-order valence-electron chi connectivity index (χ4n) is 2.76. The molecule has 30 heavy (non-hydrogen) atoms. The lowest BCUT2D eigenvalue weighted by atomic mass is 10.0. The second kappa shape index (κ2) is 13.9.